The van der Waals surface area contributed by atoms with Crippen molar-refractivity contribution in [1.82, 2.24) is 9.88 Å². The summed E-state index contributed by atoms with van der Waals surface area (Å²) in [6.07, 6.45) is 3.07. The fourth-order valence-electron chi connectivity index (χ4n) is 1.75. The van der Waals surface area contributed by atoms with Gasteiger partial charge in [0.1, 0.15) is 0 Å². The van der Waals surface area contributed by atoms with E-state index in [1.165, 1.54) is 10.6 Å². The van der Waals surface area contributed by atoms with Gasteiger partial charge in [-0.05, 0) is 31.7 Å². The number of aliphatic hydroxyl groups is 1. The minimum absolute atomic E-state index is 0.174. The summed E-state index contributed by atoms with van der Waals surface area (Å²) in [4.78, 5) is 23.4. The van der Waals surface area contributed by atoms with Crippen LogP contribution >= 0.6 is 0 Å². The van der Waals surface area contributed by atoms with Gasteiger partial charge in [-0.2, -0.15) is 0 Å². The van der Waals surface area contributed by atoms with Gasteiger partial charge in [0.25, 0.3) is 11.5 Å². The Kier molecular flexibility index (Phi) is 5.51. The molecule has 0 saturated carbocycles. The van der Waals surface area contributed by atoms with Crippen LogP contribution in [0.2, 0.25) is 0 Å². The molecule has 1 aromatic heterocycles. The highest BCUT2D eigenvalue weighted by Gasteiger charge is 2.21. The van der Waals surface area contributed by atoms with Crippen LogP contribution in [0.5, 0.6) is 0 Å². The maximum Gasteiger partial charge on any atom is 0.251 e. The Bertz CT molecular complexity index is 518. The Balaban J connectivity index is 2.58. The van der Waals surface area contributed by atoms with Gasteiger partial charge in [0.2, 0.25) is 0 Å². The van der Waals surface area contributed by atoms with Crippen molar-refractivity contribution in [3.63, 3.8) is 0 Å². The first-order chi connectivity index (χ1) is 9.21. The quantitative estimate of drug-likeness (QED) is 0.825. The maximum atomic E-state index is 11.9. The van der Waals surface area contributed by atoms with E-state index in [0.29, 0.717) is 17.9 Å². The number of hydrogen-bond acceptors (Lipinski definition) is 3. The molecular formula is C15H24N2O3. The predicted molar refractivity (Wildman–Crippen MR) is 78.7 cm³/mol. The molecule has 20 heavy (non-hydrogen) atoms. The van der Waals surface area contributed by atoms with Crippen LogP contribution in [0, 0.1) is 5.92 Å². The summed E-state index contributed by atoms with van der Waals surface area (Å²) in [6.45, 7) is 6.07. The summed E-state index contributed by atoms with van der Waals surface area (Å²) in [5, 5.41) is 12.8. The molecule has 0 radical (unpaired) electrons. The van der Waals surface area contributed by atoms with E-state index in [0.717, 1.165) is 6.42 Å². The van der Waals surface area contributed by atoms with Crippen molar-refractivity contribution < 1.29 is 9.90 Å². The second-order valence-corrected chi connectivity index (χ2v) is 5.98. The molecule has 112 valence electrons. The molecule has 0 unspecified atom stereocenters. The van der Waals surface area contributed by atoms with Crippen LogP contribution in [-0.2, 0) is 7.05 Å². The van der Waals surface area contributed by atoms with Crippen molar-refractivity contribution in [1.29, 1.82) is 0 Å². The van der Waals surface area contributed by atoms with E-state index < -0.39 is 5.60 Å². The summed E-state index contributed by atoms with van der Waals surface area (Å²) >= 11 is 0. The smallest absolute Gasteiger partial charge is 0.251 e. The van der Waals surface area contributed by atoms with E-state index in [1.54, 1.807) is 26.2 Å². The Morgan fingerprint density at radius 2 is 2.15 bits per heavy atom. The van der Waals surface area contributed by atoms with Crippen molar-refractivity contribution in [3.05, 3.63) is 34.2 Å². The van der Waals surface area contributed by atoms with Gasteiger partial charge in [-0.3, -0.25) is 9.59 Å². The van der Waals surface area contributed by atoms with Gasteiger partial charge in [0.05, 0.1) is 5.60 Å². The predicted octanol–water partition coefficient (Wildman–Crippen LogP) is 1.30. The lowest BCUT2D eigenvalue weighted by Crippen LogP contribution is -2.41. The zero-order chi connectivity index (χ0) is 15.3. The zero-order valence-corrected chi connectivity index (χ0v) is 12.6. The molecule has 0 bridgehead atoms. The van der Waals surface area contributed by atoms with Crippen molar-refractivity contribution in [2.45, 2.75) is 39.2 Å². The summed E-state index contributed by atoms with van der Waals surface area (Å²) in [7, 11) is 1.63. The van der Waals surface area contributed by atoms with Gasteiger partial charge in [-0.1, -0.05) is 13.8 Å². The number of aromatic nitrogens is 1. The molecule has 1 aromatic rings. The molecule has 0 fully saturated rings. The molecule has 5 nitrogen and oxygen atoms in total. The molecule has 2 N–H and O–H groups in total. The number of amides is 1. The number of nitrogens with zero attached hydrogens (tertiary/aromatic N) is 1. The SMILES string of the molecule is CC(C)CC[C@](C)(O)CNC(=O)c1ccn(C)c(=O)c1. The number of hydrogen-bond donors (Lipinski definition) is 2. The molecule has 0 aliphatic heterocycles. The summed E-state index contributed by atoms with van der Waals surface area (Å²) < 4.78 is 1.40. The third-order valence-electron chi connectivity index (χ3n) is 3.26. The highest BCUT2D eigenvalue weighted by molar-refractivity contribution is 5.94. The molecule has 1 amide bonds. The third kappa shape index (κ3) is 5.17. The van der Waals surface area contributed by atoms with Gasteiger partial charge < -0.3 is 15.0 Å². The number of nitrogens with one attached hydrogen (secondary N) is 1. The van der Waals surface area contributed by atoms with Gasteiger partial charge in [0, 0.05) is 31.4 Å². The monoisotopic (exact) mass is 280 g/mol. The van der Waals surface area contributed by atoms with Crippen LogP contribution < -0.4 is 10.9 Å². The topological polar surface area (TPSA) is 71.3 Å². The molecule has 5 heteroatoms. The summed E-state index contributed by atoms with van der Waals surface area (Å²) in [5.41, 5.74) is -0.850. The zero-order valence-electron chi connectivity index (χ0n) is 12.6. The van der Waals surface area contributed by atoms with Crippen LogP contribution in [0.25, 0.3) is 0 Å². The highest BCUT2D eigenvalue weighted by Crippen LogP contribution is 2.15. The number of pyridine rings is 1. The van der Waals surface area contributed by atoms with Crippen LogP contribution in [0.4, 0.5) is 0 Å². The van der Waals surface area contributed by atoms with Gasteiger partial charge in [-0.25, -0.2) is 0 Å². The van der Waals surface area contributed by atoms with E-state index in [2.05, 4.69) is 19.2 Å². The van der Waals surface area contributed by atoms with E-state index in [1.807, 2.05) is 0 Å². The van der Waals surface area contributed by atoms with E-state index in [4.69, 9.17) is 0 Å². The van der Waals surface area contributed by atoms with Crippen molar-refractivity contribution in [2.75, 3.05) is 6.54 Å². The standard InChI is InChI=1S/C15H24N2O3/c1-11(2)5-7-15(3,20)10-16-14(19)12-6-8-17(4)13(18)9-12/h6,8-9,11,20H,5,7,10H2,1-4H3,(H,16,19)/t15-/m0/s1. The second-order valence-electron chi connectivity index (χ2n) is 5.98. The molecule has 1 atom stereocenters. The second kappa shape index (κ2) is 6.70. The van der Waals surface area contributed by atoms with Crippen molar-refractivity contribution >= 4 is 5.91 Å². The van der Waals surface area contributed by atoms with E-state index in [9.17, 15) is 14.7 Å². The molecule has 1 heterocycles. The van der Waals surface area contributed by atoms with Crippen LogP contribution in [0.3, 0.4) is 0 Å². The van der Waals surface area contributed by atoms with Crippen LogP contribution in [0.1, 0.15) is 44.0 Å². The first-order valence-corrected chi connectivity index (χ1v) is 6.88. The van der Waals surface area contributed by atoms with Crippen LogP contribution in [0.15, 0.2) is 23.1 Å². The van der Waals surface area contributed by atoms with Crippen molar-refractivity contribution in [3.8, 4) is 0 Å². The molecule has 1 rings (SSSR count). The first-order valence-electron chi connectivity index (χ1n) is 6.88. The Hall–Kier alpha value is -1.62. The van der Waals surface area contributed by atoms with E-state index in [-0.39, 0.29) is 18.0 Å². The fraction of sp³-hybridized carbons (Fsp3) is 0.600. The number of carbonyl (C=O) groups is 1. The molecule has 0 spiro atoms. The summed E-state index contributed by atoms with van der Waals surface area (Å²) in [6, 6.07) is 2.87. The van der Waals surface area contributed by atoms with Crippen molar-refractivity contribution in [2.24, 2.45) is 13.0 Å². The van der Waals surface area contributed by atoms with E-state index >= 15 is 0 Å². The average Bonchev–Trinajstić information content (AvgIpc) is 2.37. The Morgan fingerprint density at radius 1 is 1.50 bits per heavy atom. The number of rotatable bonds is 6. The number of carbonyl (C=O) groups excluding carboxylic acids is 1. The van der Waals surface area contributed by atoms with Gasteiger partial charge in [0.15, 0.2) is 0 Å². The molecule has 0 aliphatic rings. The molecule has 0 saturated heterocycles. The minimum Gasteiger partial charge on any atom is -0.388 e. The van der Waals surface area contributed by atoms with Gasteiger partial charge in [-0.15, -0.1) is 0 Å². The molecular weight excluding hydrogens is 256 g/mol. The van der Waals surface area contributed by atoms with Gasteiger partial charge >= 0.3 is 0 Å². The largest absolute Gasteiger partial charge is 0.388 e. The fourth-order valence-corrected chi connectivity index (χ4v) is 1.75. The lowest BCUT2D eigenvalue weighted by atomic mass is 9.95. The molecule has 0 aromatic carbocycles. The maximum absolute atomic E-state index is 11.9. The third-order valence-corrected chi connectivity index (χ3v) is 3.26. The Labute approximate surface area is 119 Å². The Morgan fingerprint density at radius 3 is 2.70 bits per heavy atom. The first kappa shape index (κ1) is 16.4. The normalized spacial score (nSPS) is 14.1. The number of aryl methyl sites for hydroxylation is 1. The lowest BCUT2D eigenvalue weighted by molar-refractivity contribution is 0.0429. The molecule has 0 aliphatic carbocycles. The summed E-state index contributed by atoms with van der Waals surface area (Å²) in [5.74, 6) is 0.168. The lowest BCUT2D eigenvalue weighted by Gasteiger charge is -2.24. The highest BCUT2D eigenvalue weighted by atomic mass is 16.3. The average molecular weight is 280 g/mol. The van der Waals surface area contributed by atoms with Crippen LogP contribution in [-0.4, -0.2) is 27.7 Å². The minimum atomic E-state index is -0.931.